The summed E-state index contributed by atoms with van der Waals surface area (Å²) in [6.07, 6.45) is 4.09. The lowest BCUT2D eigenvalue weighted by atomic mass is 10.1. The van der Waals surface area contributed by atoms with Gasteiger partial charge < -0.3 is 10.2 Å². The van der Waals surface area contributed by atoms with Gasteiger partial charge in [0.2, 0.25) is 0 Å². The van der Waals surface area contributed by atoms with Gasteiger partial charge in [0.25, 0.3) is 0 Å². The van der Waals surface area contributed by atoms with Crippen LogP contribution in [0.25, 0.3) is 0 Å². The van der Waals surface area contributed by atoms with Crippen molar-refractivity contribution in [2.24, 2.45) is 0 Å². The Balaban J connectivity index is 2.14. The Morgan fingerprint density at radius 1 is 1.70 bits per heavy atom. The molecule has 60 valence electrons. The highest BCUT2D eigenvalue weighted by atomic mass is 15.1. The van der Waals surface area contributed by atoms with Crippen molar-refractivity contribution in [3.8, 4) is 0 Å². The average molecular weight is 142 g/mol. The Morgan fingerprint density at radius 2 is 2.50 bits per heavy atom. The van der Waals surface area contributed by atoms with E-state index in [4.69, 9.17) is 0 Å². The van der Waals surface area contributed by atoms with Gasteiger partial charge in [0.05, 0.1) is 6.54 Å². The zero-order chi connectivity index (χ0) is 7.40. The third kappa shape index (κ3) is 1.96. The Bertz CT molecular complexity index is 93.3. The van der Waals surface area contributed by atoms with Gasteiger partial charge >= 0.3 is 0 Å². The first-order valence-corrected chi connectivity index (χ1v) is 4.15. The van der Waals surface area contributed by atoms with Crippen LogP contribution in [-0.4, -0.2) is 31.1 Å². The molecule has 1 aliphatic rings. The van der Waals surface area contributed by atoms with E-state index < -0.39 is 0 Å². The van der Waals surface area contributed by atoms with Crippen LogP contribution >= 0.6 is 0 Å². The second-order valence-corrected chi connectivity index (χ2v) is 3.14. The first-order chi connectivity index (χ1) is 4.84. The Kier molecular flexibility index (Phi) is 3.16. The minimum Gasteiger partial charge on any atom is -0.479 e. The highest BCUT2D eigenvalue weighted by Crippen LogP contribution is 2.16. The lowest BCUT2D eigenvalue weighted by molar-refractivity contribution is -0.596. The van der Waals surface area contributed by atoms with Gasteiger partial charge in [-0.15, -0.1) is 0 Å². The summed E-state index contributed by atoms with van der Waals surface area (Å²) in [5.41, 5.74) is 0. The van der Waals surface area contributed by atoms with Crippen molar-refractivity contribution in [2.75, 3.05) is 20.1 Å². The van der Waals surface area contributed by atoms with Crippen LogP contribution in [0.2, 0.25) is 0 Å². The summed E-state index contributed by atoms with van der Waals surface area (Å²) >= 11 is 0. The molecule has 0 saturated carbocycles. The third-order valence-electron chi connectivity index (χ3n) is 2.38. The fourth-order valence-corrected chi connectivity index (χ4v) is 1.65. The maximum Gasteiger partial charge on any atom is 0.0530 e. The van der Waals surface area contributed by atoms with Crippen molar-refractivity contribution >= 4 is 0 Å². The van der Waals surface area contributed by atoms with E-state index in [2.05, 4.69) is 19.0 Å². The molecular weight excluding hydrogens is 124 g/mol. The van der Waals surface area contributed by atoms with Gasteiger partial charge in [0, 0.05) is 12.5 Å². The Labute approximate surface area is 63.6 Å². The third-order valence-corrected chi connectivity index (χ3v) is 2.38. The fourth-order valence-electron chi connectivity index (χ4n) is 1.65. The minimum atomic E-state index is 0.845. The van der Waals surface area contributed by atoms with Crippen molar-refractivity contribution < 1.29 is 5.32 Å². The topological polar surface area (TPSA) is 19.9 Å². The maximum absolute atomic E-state index is 3.73. The van der Waals surface area contributed by atoms with E-state index in [0.717, 1.165) is 6.04 Å². The molecule has 1 unspecified atom stereocenters. The van der Waals surface area contributed by atoms with E-state index in [1.54, 1.807) is 0 Å². The molecule has 1 atom stereocenters. The summed E-state index contributed by atoms with van der Waals surface area (Å²) in [6, 6.07) is 0.845. The molecule has 0 spiro atoms. The van der Waals surface area contributed by atoms with E-state index in [1.165, 1.54) is 32.4 Å². The van der Waals surface area contributed by atoms with Crippen LogP contribution in [0.3, 0.4) is 0 Å². The highest BCUT2D eigenvalue weighted by molar-refractivity contribution is 4.75. The van der Waals surface area contributed by atoms with Crippen LogP contribution in [-0.2, 0) is 0 Å². The number of nitrogens with zero attached hydrogens (tertiary/aromatic N) is 1. The van der Waals surface area contributed by atoms with Gasteiger partial charge in [-0.25, -0.2) is 0 Å². The molecule has 2 N–H and O–H groups in total. The standard InChI is InChI=1S/C8H18N2/c1-9-6-5-8-4-3-7-10(8)2/h8H,1,3-7,9H2,2H3. The van der Waals surface area contributed by atoms with Crippen molar-refractivity contribution in [2.45, 2.75) is 25.3 Å². The van der Waals surface area contributed by atoms with Gasteiger partial charge in [-0.05, 0) is 26.4 Å². The van der Waals surface area contributed by atoms with Crippen LogP contribution < -0.4 is 5.32 Å². The van der Waals surface area contributed by atoms with Crippen LogP contribution in [0, 0.1) is 7.05 Å². The molecule has 0 aromatic heterocycles. The summed E-state index contributed by atoms with van der Waals surface area (Å²) in [5.74, 6) is 0. The number of hydrogen-bond donors (Lipinski definition) is 1. The molecule has 1 fully saturated rings. The molecular formula is C8H18N2. The Hall–Kier alpha value is -0.0800. The predicted molar refractivity (Wildman–Crippen MR) is 42.4 cm³/mol. The summed E-state index contributed by atoms with van der Waals surface area (Å²) < 4.78 is 0. The molecule has 10 heavy (non-hydrogen) atoms. The summed E-state index contributed by atoms with van der Waals surface area (Å²) in [6.45, 7) is 2.47. The van der Waals surface area contributed by atoms with Crippen molar-refractivity contribution in [1.82, 2.24) is 4.90 Å². The normalized spacial score (nSPS) is 27.6. The largest absolute Gasteiger partial charge is 0.479 e. The molecule has 1 heterocycles. The molecule has 1 saturated heterocycles. The Morgan fingerprint density at radius 3 is 3.00 bits per heavy atom. The zero-order valence-electron chi connectivity index (χ0n) is 6.84. The second-order valence-electron chi connectivity index (χ2n) is 3.14. The zero-order valence-corrected chi connectivity index (χ0v) is 6.84. The predicted octanol–water partition coefficient (Wildman–Crippen LogP) is -0.174. The maximum atomic E-state index is 3.73. The van der Waals surface area contributed by atoms with E-state index in [-0.39, 0.29) is 0 Å². The van der Waals surface area contributed by atoms with Gasteiger partial charge in [-0.3, -0.25) is 0 Å². The fraction of sp³-hybridized carbons (Fsp3) is 0.875. The lowest BCUT2D eigenvalue weighted by Gasteiger charge is -2.18. The minimum absolute atomic E-state index is 0.845. The van der Waals surface area contributed by atoms with E-state index in [0.29, 0.717) is 0 Å². The average Bonchev–Trinajstić information content (AvgIpc) is 2.31. The SMILES string of the molecule is [CH2-][NH2+]CCC1CCCN1C. The van der Waals surface area contributed by atoms with Crippen molar-refractivity contribution in [1.29, 1.82) is 0 Å². The van der Waals surface area contributed by atoms with Gasteiger partial charge in [0.1, 0.15) is 0 Å². The summed E-state index contributed by atoms with van der Waals surface area (Å²) in [5, 5.41) is 2.02. The molecule has 0 radical (unpaired) electrons. The molecule has 0 aromatic carbocycles. The first-order valence-electron chi connectivity index (χ1n) is 4.15. The molecule has 0 aromatic rings. The number of likely N-dealkylation sites (tertiary alicyclic amines) is 1. The van der Waals surface area contributed by atoms with E-state index in [1.807, 2.05) is 5.32 Å². The molecule has 2 nitrogen and oxygen atoms in total. The summed E-state index contributed by atoms with van der Waals surface area (Å²) in [7, 11) is 5.95. The monoisotopic (exact) mass is 142 g/mol. The smallest absolute Gasteiger partial charge is 0.0530 e. The van der Waals surface area contributed by atoms with Crippen LogP contribution in [0.15, 0.2) is 0 Å². The molecule has 1 aliphatic heterocycles. The van der Waals surface area contributed by atoms with E-state index >= 15 is 0 Å². The lowest BCUT2D eigenvalue weighted by Crippen LogP contribution is -2.77. The number of nitrogens with two attached hydrogens (primary N) is 1. The number of quaternary nitrogens is 1. The van der Waals surface area contributed by atoms with E-state index in [9.17, 15) is 0 Å². The van der Waals surface area contributed by atoms with Crippen molar-refractivity contribution in [3.05, 3.63) is 7.05 Å². The van der Waals surface area contributed by atoms with Crippen LogP contribution in [0.5, 0.6) is 0 Å². The highest BCUT2D eigenvalue weighted by Gasteiger charge is 2.19. The van der Waals surface area contributed by atoms with Gasteiger partial charge in [-0.1, -0.05) is 0 Å². The van der Waals surface area contributed by atoms with Crippen molar-refractivity contribution in [3.63, 3.8) is 0 Å². The molecule has 0 aliphatic carbocycles. The van der Waals surface area contributed by atoms with Gasteiger partial charge in [0.15, 0.2) is 0 Å². The molecule has 2 heteroatoms. The summed E-state index contributed by atoms with van der Waals surface area (Å²) in [4.78, 5) is 2.46. The van der Waals surface area contributed by atoms with Gasteiger partial charge in [-0.2, -0.15) is 7.05 Å². The van der Waals surface area contributed by atoms with Crippen LogP contribution in [0.1, 0.15) is 19.3 Å². The molecule has 0 amide bonds. The quantitative estimate of drug-likeness (QED) is 0.542. The van der Waals surface area contributed by atoms with Crippen LogP contribution in [0.4, 0.5) is 0 Å². The number of hydrogen-bond acceptors (Lipinski definition) is 1. The molecule has 1 rings (SSSR count). The molecule has 0 bridgehead atoms. The second kappa shape index (κ2) is 3.94. The first kappa shape index (κ1) is 8.02. The number of rotatable bonds is 3.